The van der Waals surface area contributed by atoms with E-state index in [1.807, 2.05) is 20.2 Å². The molecule has 0 spiro atoms. The quantitative estimate of drug-likeness (QED) is 0.919. The number of halogens is 1. The maximum atomic E-state index is 10.9. The van der Waals surface area contributed by atoms with Crippen molar-refractivity contribution in [1.82, 2.24) is 9.88 Å². The van der Waals surface area contributed by atoms with E-state index in [-0.39, 0.29) is 10.6 Å². The molecule has 0 saturated carbocycles. The third kappa shape index (κ3) is 3.79. The molecule has 0 aliphatic heterocycles. The van der Waals surface area contributed by atoms with Gasteiger partial charge in [0.1, 0.15) is 0 Å². The molecule has 2 rings (SSSR count). The van der Waals surface area contributed by atoms with Gasteiger partial charge in [-0.3, -0.25) is 4.90 Å². The van der Waals surface area contributed by atoms with Gasteiger partial charge in [0.2, 0.25) is 0 Å². The Morgan fingerprint density at radius 2 is 2.20 bits per heavy atom. The Morgan fingerprint density at radius 3 is 2.75 bits per heavy atom. The minimum absolute atomic E-state index is 0.135. The normalized spacial score (nSPS) is 11.0. The van der Waals surface area contributed by atoms with Crippen LogP contribution in [0.15, 0.2) is 24.4 Å². The molecule has 0 amide bonds. The number of carboxylic acid groups (broad SMARTS) is 1. The summed E-state index contributed by atoms with van der Waals surface area (Å²) >= 11 is 7.64. The fourth-order valence-electron chi connectivity index (χ4n) is 1.94. The van der Waals surface area contributed by atoms with Crippen molar-refractivity contribution in [2.75, 3.05) is 7.05 Å². The van der Waals surface area contributed by atoms with E-state index in [2.05, 4.69) is 9.88 Å². The lowest BCUT2D eigenvalue weighted by Crippen LogP contribution is -2.16. The molecule has 1 N–H and O–H groups in total. The summed E-state index contributed by atoms with van der Waals surface area (Å²) in [5, 5.41) is 10.3. The molecule has 2 aromatic rings. The molecule has 1 heterocycles. The highest BCUT2D eigenvalue weighted by molar-refractivity contribution is 7.11. The summed E-state index contributed by atoms with van der Waals surface area (Å²) in [5.74, 6) is -1.00. The highest BCUT2D eigenvalue weighted by atomic mass is 35.5. The van der Waals surface area contributed by atoms with Crippen molar-refractivity contribution in [3.63, 3.8) is 0 Å². The van der Waals surface area contributed by atoms with Crippen LogP contribution >= 0.6 is 22.9 Å². The number of rotatable bonds is 5. The second-order valence-corrected chi connectivity index (χ2v) is 6.36. The Labute approximate surface area is 126 Å². The first-order valence-corrected chi connectivity index (χ1v) is 7.26. The summed E-state index contributed by atoms with van der Waals surface area (Å²) in [6.45, 7) is 3.50. The molecule has 20 heavy (non-hydrogen) atoms. The maximum Gasteiger partial charge on any atom is 0.337 e. The number of aryl methyl sites for hydroxylation is 1. The van der Waals surface area contributed by atoms with Crippen LogP contribution in [0.2, 0.25) is 5.02 Å². The van der Waals surface area contributed by atoms with Crippen molar-refractivity contribution in [1.29, 1.82) is 0 Å². The van der Waals surface area contributed by atoms with Crippen LogP contribution in [0.5, 0.6) is 0 Å². The van der Waals surface area contributed by atoms with Crippen LogP contribution in [0, 0.1) is 6.92 Å². The first-order valence-electron chi connectivity index (χ1n) is 6.07. The molecule has 1 aromatic heterocycles. The van der Waals surface area contributed by atoms with Crippen molar-refractivity contribution in [2.45, 2.75) is 20.0 Å². The van der Waals surface area contributed by atoms with Crippen LogP contribution in [-0.4, -0.2) is 28.0 Å². The van der Waals surface area contributed by atoms with E-state index in [9.17, 15) is 4.79 Å². The molecule has 106 valence electrons. The molecule has 0 fully saturated rings. The lowest BCUT2D eigenvalue weighted by Gasteiger charge is -2.15. The summed E-state index contributed by atoms with van der Waals surface area (Å²) in [7, 11) is 2.01. The van der Waals surface area contributed by atoms with E-state index in [1.54, 1.807) is 29.5 Å². The van der Waals surface area contributed by atoms with E-state index >= 15 is 0 Å². The van der Waals surface area contributed by atoms with Gasteiger partial charge in [-0.05, 0) is 31.7 Å². The summed E-state index contributed by atoms with van der Waals surface area (Å²) in [5.41, 5.74) is 1.12. The Hall–Kier alpha value is -1.43. The minimum Gasteiger partial charge on any atom is -0.478 e. The highest BCUT2D eigenvalue weighted by Gasteiger charge is 2.10. The van der Waals surface area contributed by atoms with E-state index < -0.39 is 5.97 Å². The summed E-state index contributed by atoms with van der Waals surface area (Å²) in [6, 6.07) is 5.05. The van der Waals surface area contributed by atoms with Gasteiger partial charge in [0.05, 0.1) is 15.6 Å². The molecule has 0 aliphatic carbocycles. The number of hydrogen-bond donors (Lipinski definition) is 1. The monoisotopic (exact) mass is 310 g/mol. The smallest absolute Gasteiger partial charge is 0.337 e. The molecule has 0 radical (unpaired) electrons. The van der Waals surface area contributed by atoms with Crippen molar-refractivity contribution in [3.05, 3.63) is 50.4 Å². The van der Waals surface area contributed by atoms with Gasteiger partial charge in [0.15, 0.2) is 0 Å². The van der Waals surface area contributed by atoms with Crippen LogP contribution < -0.4 is 0 Å². The van der Waals surface area contributed by atoms with Crippen molar-refractivity contribution >= 4 is 28.9 Å². The topological polar surface area (TPSA) is 53.4 Å². The fraction of sp³-hybridized carbons (Fsp3) is 0.286. The van der Waals surface area contributed by atoms with Crippen molar-refractivity contribution in [3.8, 4) is 0 Å². The van der Waals surface area contributed by atoms with E-state index in [0.717, 1.165) is 17.1 Å². The number of carbonyl (C=O) groups is 1. The van der Waals surface area contributed by atoms with E-state index in [4.69, 9.17) is 16.7 Å². The molecule has 4 nitrogen and oxygen atoms in total. The van der Waals surface area contributed by atoms with E-state index in [0.29, 0.717) is 6.54 Å². The van der Waals surface area contributed by atoms with Gasteiger partial charge in [0, 0.05) is 24.2 Å². The number of nitrogens with zero attached hydrogens (tertiary/aromatic N) is 2. The number of aromatic nitrogens is 1. The SMILES string of the molecule is Cc1ncc(CN(C)Cc2ccc(C(=O)O)c(Cl)c2)s1. The van der Waals surface area contributed by atoms with Crippen LogP contribution in [-0.2, 0) is 13.1 Å². The first-order chi connectivity index (χ1) is 9.45. The van der Waals surface area contributed by atoms with Gasteiger partial charge in [-0.2, -0.15) is 0 Å². The van der Waals surface area contributed by atoms with E-state index in [1.165, 1.54) is 4.88 Å². The predicted molar refractivity (Wildman–Crippen MR) is 80.4 cm³/mol. The Morgan fingerprint density at radius 1 is 1.45 bits per heavy atom. The average molecular weight is 311 g/mol. The van der Waals surface area contributed by atoms with Gasteiger partial charge < -0.3 is 5.11 Å². The molecule has 0 saturated heterocycles. The maximum absolute atomic E-state index is 10.9. The summed E-state index contributed by atoms with van der Waals surface area (Å²) < 4.78 is 0. The fourth-order valence-corrected chi connectivity index (χ4v) is 3.10. The van der Waals surface area contributed by atoms with Gasteiger partial charge in [-0.25, -0.2) is 9.78 Å². The van der Waals surface area contributed by atoms with Gasteiger partial charge in [-0.15, -0.1) is 11.3 Å². The van der Waals surface area contributed by atoms with Crippen LogP contribution in [0.4, 0.5) is 0 Å². The zero-order chi connectivity index (χ0) is 14.7. The molecular formula is C14H15ClN2O2S. The van der Waals surface area contributed by atoms with Gasteiger partial charge in [-0.1, -0.05) is 17.7 Å². The number of thiazole rings is 1. The second kappa shape index (κ2) is 6.35. The molecule has 1 aromatic carbocycles. The zero-order valence-corrected chi connectivity index (χ0v) is 12.8. The molecule has 6 heteroatoms. The standard InChI is InChI=1S/C14H15ClN2O2S/c1-9-16-6-11(20-9)8-17(2)7-10-3-4-12(14(18)19)13(15)5-10/h3-6H,7-8H2,1-2H3,(H,18,19). The average Bonchev–Trinajstić information content (AvgIpc) is 2.74. The third-order valence-electron chi connectivity index (χ3n) is 2.81. The molecule has 0 aliphatic rings. The zero-order valence-electron chi connectivity index (χ0n) is 11.3. The second-order valence-electron chi connectivity index (χ2n) is 4.64. The van der Waals surface area contributed by atoms with Gasteiger partial charge in [0.25, 0.3) is 0 Å². The van der Waals surface area contributed by atoms with Gasteiger partial charge >= 0.3 is 5.97 Å². The Balaban J connectivity index is 2.02. The predicted octanol–water partition coefficient (Wildman–Crippen LogP) is 3.44. The lowest BCUT2D eigenvalue weighted by molar-refractivity contribution is 0.0697. The lowest BCUT2D eigenvalue weighted by atomic mass is 10.1. The van der Waals surface area contributed by atoms with Crippen LogP contribution in [0.3, 0.4) is 0 Å². The molecular weight excluding hydrogens is 296 g/mol. The summed E-state index contributed by atoms with van der Waals surface area (Å²) in [4.78, 5) is 18.5. The largest absolute Gasteiger partial charge is 0.478 e. The van der Waals surface area contributed by atoms with Crippen LogP contribution in [0.1, 0.15) is 25.8 Å². The van der Waals surface area contributed by atoms with Crippen molar-refractivity contribution in [2.24, 2.45) is 0 Å². The minimum atomic E-state index is -1.00. The van der Waals surface area contributed by atoms with Crippen LogP contribution in [0.25, 0.3) is 0 Å². The number of hydrogen-bond acceptors (Lipinski definition) is 4. The molecule has 0 unspecified atom stereocenters. The molecule has 0 atom stereocenters. The number of carboxylic acids is 1. The Bertz CT molecular complexity index is 627. The highest BCUT2D eigenvalue weighted by Crippen LogP contribution is 2.20. The number of benzene rings is 1. The first kappa shape index (κ1) is 15.0. The van der Waals surface area contributed by atoms with Crippen molar-refractivity contribution < 1.29 is 9.90 Å². The number of aromatic carboxylic acids is 1. The third-order valence-corrected chi connectivity index (χ3v) is 4.02. The molecule has 0 bridgehead atoms. The Kier molecular flexibility index (Phi) is 4.75. The summed E-state index contributed by atoms with van der Waals surface area (Å²) in [6.07, 6.45) is 1.89.